The van der Waals surface area contributed by atoms with Gasteiger partial charge in [-0.2, -0.15) is 4.31 Å². The van der Waals surface area contributed by atoms with E-state index in [1.807, 2.05) is 37.3 Å². The van der Waals surface area contributed by atoms with Gasteiger partial charge in [-0.25, -0.2) is 8.42 Å². The van der Waals surface area contributed by atoms with E-state index in [-0.39, 0.29) is 10.9 Å². The predicted octanol–water partition coefficient (Wildman–Crippen LogP) is 4.59. The maximum atomic E-state index is 12.8. The molecule has 0 saturated heterocycles. The van der Waals surface area contributed by atoms with E-state index in [1.165, 1.54) is 4.31 Å². The van der Waals surface area contributed by atoms with Crippen LogP contribution in [0.5, 0.6) is 0 Å². The molecule has 112 valence electrons. The number of hydrogen-bond acceptors (Lipinski definition) is 2. The van der Waals surface area contributed by atoms with Crippen LogP contribution in [-0.2, 0) is 10.0 Å². The van der Waals surface area contributed by atoms with Crippen LogP contribution < -0.4 is 0 Å². The lowest BCUT2D eigenvalue weighted by Gasteiger charge is -2.25. The maximum Gasteiger partial charge on any atom is 0.244 e. The van der Waals surface area contributed by atoms with Crippen LogP contribution in [0.4, 0.5) is 0 Å². The molecule has 2 aromatic carbocycles. The molecule has 1 unspecified atom stereocenters. The minimum absolute atomic E-state index is 0.244. The first-order chi connectivity index (χ1) is 9.84. The Labute approximate surface area is 142 Å². The van der Waals surface area contributed by atoms with Crippen molar-refractivity contribution in [3.05, 3.63) is 63.0 Å². The van der Waals surface area contributed by atoms with E-state index in [9.17, 15) is 8.42 Å². The van der Waals surface area contributed by atoms with Gasteiger partial charge in [0.05, 0.1) is 4.90 Å². The van der Waals surface area contributed by atoms with E-state index in [4.69, 9.17) is 0 Å². The molecule has 0 heterocycles. The highest BCUT2D eigenvalue weighted by molar-refractivity contribution is 9.11. The van der Waals surface area contributed by atoms with Gasteiger partial charge < -0.3 is 0 Å². The summed E-state index contributed by atoms with van der Waals surface area (Å²) >= 11 is 6.65. The molecule has 2 rings (SSSR count). The van der Waals surface area contributed by atoms with Gasteiger partial charge in [0.25, 0.3) is 0 Å². The first-order valence-corrected chi connectivity index (χ1v) is 9.34. The van der Waals surface area contributed by atoms with E-state index < -0.39 is 10.0 Å². The summed E-state index contributed by atoms with van der Waals surface area (Å²) in [7, 11) is -1.97. The van der Waals surface area contributed by atoms with Crippen LogP contribution in [0.15, 0.2) is 62.4 Å². The van der Waals surface area contributed by atoms with Gasteiger partial charge >= 0.3 is 0 Å². The minimum Gasteiger partial charge on any atom is -0.207 e. The predicted molar refractivity (Wildman–Crippen MR) is 91.6 cm³/mol. The third kappa shape index (κ3) is 3.56. The second kappa shape index (κ2) is 6.60. The standard InChI is InChI=1S/C15H15Br2NO2S/c1-11(12-6-4-3-5-7-12)18(2)21(19,20)15-9-8-13(16)10-14(15)17/h3-11H,1-2H3. The lowest BCUT2D eigenvalue weighted by atomic mass is 10.1. The highest BCUT2D eigenvalue weighted by Gasteiger charge is 2.28. The summed E-state index contributed by atoms with van der Waals surface area (Å²) in [5, 5.41) is 0. The number of sulfonamides is 1. The van der Waals surface area contributed by atoms with Crippen LogP contribution in [0.1, 0.15) is 18.5 Å². The molecule has 0 radical (unpaired) electrons. The van der Waals surface area contributed by atoms with Gasteiger partial charge in [-0.3, -0.25) is 0 Å². The molecule has 21 heavy (non-hydrogen) atoms. The Hall–Kier alpha value is -0.690. The number of benzene rings is 2. The van der Waals surface area contributed by atoms with Crippen LogP contribution in [-0.4, -0.2) is 19.8 Å². The Balaban J connectivity index is 2.39. The summed E-state index contributed by atoms with van der Waals surface area (Å²) in [5.74, 6) is 0. The zero-order valence-corrected chi connectivity index (χ0v) is 15.6. The zero-order valence-electron chi connectivity index (χ0n) is 11.6. The Morgan fingerprint density at radius 1 is 1.05 bits per heavy atom. The van der Waals surface area contributed by atoms with Crippen LogP contribution in [0.2, 0.25) is 0 Å². The van der Waals surface area contributed by atoms with E-state index >= 15 is 0 Å². The fourth-order valence-electron chi connectivity index (χ4n) is 1.99. The first-order valence-electron chi connectivity index (χ1n) is 6.32. The van der Waals surface area contributed by atoms with Crippen molar-refractivity contribution in [3.63, 3.8) is 0 Å². The van der Waals surface area contributed by atoms with Crippen molar-refractivity contribution in [2.45, 2.75) is 17.9 Å². The molecule has 3 nitrogen and oxygen atoms in total. The van der Waals surface area contributed by atoms with Crippen LogP contribution in [0, 0.1) is 0 Å². The van der Waals surface area contributed by atoms with Gasteiger partial charge in [-0.15, -0.1) is 0 Å². The SMILES string of the molecule is CC(c1ccccc1)N(C)S(=O)(=O)c1ccc(Br)cc1Br. The molecule has 1 atom stereocenters. The molecule has 0 N–H and O–H groups in total. The van der Waals surface area contributed by atoms with E-state index in [0.29, 0.717) is 4.47 Å². The topological polar surface area (TPSA) is 37.4 Å². The van der Waals surface area contributed by atoms with Crippen molar-refractivity contribution in [2.24, 2.45) is 0 Å². The molecule has 0 fully saturated rings. The normalized spacial score (nSPS) is 13.4. The second-order valence-electron chi connectivity index (χ2n) is 4.68. The number of rotatable bonds is 4. The Kier molecular flexibility index (Phi) is 5.24. The number of halogens is 2. The summed E-state index contributed by atoms with van der Waals surface area (Å²) in [6, 6.07) is 14.4. The van der Waals surface area contributed by atoms with Crippen molar-refractivity contribution in [1.29, 1.82) is 0 Å². The molecule has 0 bridgehead atoms. The second-order valence-corrected chi connectivity index (χ2v) is 8.42. The molecule has 0 saturated carbocycles. The monoisotopic (exact) mass is 431 g/mol. The van der Waals surface area contributed by atoms with Gasteiger partial charge in [0.2, 0.25) is 10.0 Å². The van der Waals surface area contributed by atoms with Crippen molar-refractivity contribution >= 4 is 41.9 Å². The summed E-state index contributed by atoms with van der Waals surface area (Å²) < 4.78 is 28.3. The van der Waals surface area contributed by atoms with Gasteiger partial charge in [-0.05, 0) is 46.6 Å². The molecule has 6 heteroatoms. The summed E-state index contributed by atoms with van der Waals surface area (Å²) in [6.07, 6.45) is 0. The van der Waals surface area contributed by atoms with E-state index in [1.54, 1.807) is 25.2 Å². The third-order valence-electron chi connectivity index (χ3n) is 3.38. The van der Waals surface area contributed by atoms with Crippen molar-refractivity contribution in [1.82, 2.24) is 4.31 Å². The first kappa shape index (κ1) is 16.7. The Morgan fingerprint density at radius 2 is 1.67 bits per heavy atom. The summed E-state index contributed by atoms with van der Waals surface area (Å²) in [6.45, 7) is 1.87. The van der Waals surface area contributed by atoms with Crippen molar-refractivity contribution in [2.75, 3.05) is 7.05 Å². The molecule has 0 aliphatic carbocycles. The Bertz CT molecular complexity index is 733. The highest BCUT2D eigenvalue weighted by Crippen LogP contribution is 2.31. The zero-order chi connectivity index (χ0) is 15.6. The van der Waals surface area contributed by atoms with E-state index in [0.717, 1.165) is 10.0 Å². The van der Waals surface area contributed by atoms with Crippen LogP contribution >= 0.6 is 31.9 Å². The molecular weight excluding hydrogens is 418 g/mol. The molecular formula is C15H15Br2NO2S. The maximum absolute atomic E-state index is 12.8. The molecule has 2 aromatic rings. The molecule has 0 aromatic heterocycles. The number of nitrogens with zero attached hydrogens (tertiary/aromatic N) is 1. The molecule has 0 amide bonds. The smallest absolute Gasteiger partial charge is 0.207 e. The van der Waals surface area contributed by atoms with Gasteiger partial charge in [0.1, 0.15) is 0 Å². The minimum atomic E-state index is -3.57. The largest absolute Gasteiger partial charge is 0.244 e. The van der Waals surface area contributed by atoms with Crippen molar-refractivity contribution in [3.8, 4) is 0 Å². The van der Waals surface area contributed by atoms with Crippen LogP contribution in [0.25, 0.3) is 0 Å². The van der Waals surface area contributed by atoms with Crippen molar-refractivity contribution < 1.29 is 8.42 Å². The van der Waals surface area contributed by atoms with Gasteiger partial charge in [0.15, 0.2) is 0 Å². The number of hydrogen-bond donors (Lipinski definition) is 0. The average molecular weight is 433 g/mol. The summed E-state index contributed by atoms with van der Waals surface area (Å²) in [5.41, 5.74) is 0.955. The fraction of sp³-hybridized carbons (Fsp3) is 0.200. The average Bonchev–Trinajstić information content (AvgIpc) is 2.46. The van der Waals surface area contributed by atoms with E-state index in [2.05, 4.69) is 31.9 Å². The summed E-state index contributed by atoms with van der Waals surface area (Å²) in [4.78, 5) is 0.260. The Morgan fingerprint density at radius 3 is 2.24 bits per heavy atom. The van der Waals surface area contributed by atoms with Crippen LogP contribution in [0.3, 0.4) is 0 Å². The fourth-order valence-corrected chi connectivity index (χ4v) is 5.04. The lowest BCUT2D eigenvalue weighted by Crippen LogP contribution is -2.30. The molecule has 0 spiro atoms. The lowest BCUT2D eigenvalue weighted by molar-refractivity contribution is 0.398. The van der Waals surface area contributed by atoms with Gasteiger partial charge in [0, 0.05) is 22.0 Å². The third-order valence-corrected chi connectivity index (χ3v) is 6.78. The quantitative estimate of drug-likeness (QED) is 0.708. The highest BCUT2D eigenvalue weighted by atomic mass is 79.9. The van der Waals surface area contributed by atoms with Gasteiger partial charge in [-0.1, -0.05) is 46.3 Å². The molecule has 0 aliphatic heterocycles. The molecule has 0 aliphatic rings.